The van der Waals surface area contributed by atoms with E-state index in [1.54, 1.807) is 24.3 Å². The molecule has 2 atom stereocenters. The molecule has 5 nitrogen and oxygen atoms in total. The minimum Gasteiger partial charge on any atom is -0.356 e. The van der Waals surface area contributed by atoms with Crippen LogP contribution in [0.3, 0.4) is 0 Å². The highest BCUT2D eigenvalue weighted by Gasteiger charge is 2.41. The molecule has 0 spiro atoms. The van der Waals surface area contributed by atoms with Crippen LogP contribution < -0.4 is 5.32 Å². The molecule has 2 unspecified atom stereocenters. The average molecular weight is 282 g/mol. The molecule has 0 aliphatic carbocycles. The van der Waals surface area contributed by atoms with Crippen molar-refractivity contribution in [2.45, 2.75) is 31.2 Å². The number of rotatable bonds is 5. The van der Waals surface area contributed by atoms with Crippen LogP contribution in [-0.2, 0) is 21.2 Å². The normalized spacial score (nSPS) is 22.0. The van der Waals surface area contributed by atoms with Gasteiger partial charge in [0.2, 0.25) is 15.9 Å². The molecule has 1 N–H and O–H groups in total. The van der Waals surface area contributed by atoms with Gasteiger partial charge in [0.05, 0.1) is 4.90 Å². The van der Waals surface area contributed by atoms with Crippen LogP contribution in [0.2, 0.25) is 0 Å². The molecule has 1 saturated heterocycles. The van der Waals surface area contributed by atoms with Gasteiger partial charge in [0, 0.05) is 26.1 Å². The van der Waals surface area contributed by atoms with E-state index in [-0.39, 0.29) is 11.9 Å². The highest BCUT2D eigenvalue weighted by atomic mass is 32.2. The predicted molar refractivity (Wildman–Crippen MR) is 72.2 cm³/mol. The van der Waals surface area contributed by atoms with Crippen molar-refractivity contribution >= 4 is 15.9 Å². The molecule has 1 aliphatic rings. The Morgan fingerprint density at radius 2 is 1.95 bits per heavy atom. The van der Waals surface area contributed by atoms with Gasteiger partial charge in [-0.25, -0.2) is 8.42 Å². The van der Waals surface area contributed by atoms with Gasteiger partial charge in [-0.05, 0) is 31.0 Å². The number of nitrogens with one attached hydrogen (secondary N) is 1. The van der Waals surface area contributed by atoms with E-state index in [0.717, 1.165) is 5.56 Å². The lowest BCUT2D eigenvalue weighted by Gasteiger charge is -2.07. The Kier molecular flexibility index (Phi) is 3.91. The van der Waals surface area contributed by atoms with E-state index in [2.05, 4.69) is 5.32 Å². The summed E-state index contributed by atoms with van der Waals surface area (Å²) in [5, 5.41) is 2.71. The number of hydrogen-bond acceptors (Lipinski definition) is 3. The quantitative estimate of drug-likeness (QED) is 0.811. The fraction of sp³-hybridized carbons (Fsp3) is 0.462. The summed E-state index contributed by atoms with van der Waals surface area (Å²) in [6.07, 6.45) is 0.694. The molecule has 1 amide bonds. The van der Waals surface area contributed by atoms with E-state index < -0.39 is 10.0 Å². The number of hydrogen-bond donors (Lipinski definition) is 1. The third kappa shape index (κ3) is 3.33. The second-order valence-corrected chi connectivity index (χ2v) is 6.69. The summed E-state index contributed by atoms with van der Waals surface area (Å²) >= 11 is 0. The Morgan fingerprint density at radius 3 is 2.42 bits per heavy atom. The third-order valence-electron chi connectivity index (χ3n) is 3.12. The fourth-order valence-electron chi connectivity index (χ4n) is 1.89. The lowest BCUT2D eigenvalue weighted by Crippen LogP contribution is -2.22. The van der Waals surface area contributed by atoms with Gasteiger partial charge >= 0.3 is 0 Å². The van der Waals surface area contributed by atoms with Crippen molar-refractivity contribution in [3.05, 3.63) is 29.8 Å². The molecule has 0 aromatic heterocycles. The lowest BCUT2D eigenvalue weighted by molar-refractivity contribution is -0.118. The van der Waals surface area contributed by atoms with Gasteiger partial charge in [0.1, 0.15) is 0 Å². The first-order valence-electron chi connectivity index (χ1n) is 6.26. The van der Waals surface area contributed by atoms with Crippen molar-refractivity contribution in [1.29, 1.82) is 0 Å². The molecule has 6 heteroatoms. The van der Waals surface area contributed by atoms with Crippen molar-refractivity contribution < 1.29 is 13.2 Å². The molecule has 1 heterocycles. The van der Waals surface area contributed by atoms with Gasteiger partial charge in [-0.2, -0.15) is 4.31 Å². The molecule has 104 valence electrons. The maximum Gasteiger partial charge on any atom is 0.243 e. The van der Waals surface area contributed by atoms with Crippen molar-refractivity contribution in [3.63, 3.8) is 0 Å². The Bertz CT molecular complexity index is 566. The molecular weight excluding hydrogens is 264 g/mol. The number of sulfonamides is 1. The molecule has 0 bridgehead atoms. The lowest BCUT2D eigenvalue weighted by atomic mass is 10.1. The minimum absolute atomic E-state index is 0.0604. The molecule has 2 rings (SSSR count). The Balaban J connectivity index is 2.00. The molecule has 1 aliphatic heterocycles. The van der Waals surface area contributed by atoms with Crippen LogP contribution in [0.15, 0.2) is 29.2 Å². The highest BCUT2D eigenvalue weighted by molar-refractivity contribution is 7.89. The van der Waals surface area contributed by atoms with Gasteiger partial charge in [0.25, 0.3) is 0 Å². The van der Waals surface area contributed by atoms with Crippen LogP contribution in [0, 0.1) is 0 Å². The van der Waals surface area contributed by atoms with Gasteiger partial charge in [-0.3, -0.25) is 4.79 Å². The van der Waals surface area contributed by atoms with Gasteiger partial charge in [-0.15, -0.1) is 0 Å². The van der Waals surface area contributed by atoms with E-state index in [0.29, 0.717) is 24.4 Å². The van der Waals surface area contributed by atoms with Gasteiger partial charge < -0.3 is 5.32 Å². The number of carbonyl (C=O) groups is 1. The molecular formula is C13H18N2O3S. The monoisotopic (exact) mass is 282 g/mol. The van der Waals surface area contributed by atoms with Crippen LogP contribution in [0.25, 0.3) is 0 Å². The summed E-state index contributed by atoms with van der Waals surface area (Å²) < 4.78 is 25.6. The van der Waals surface area contributed by atoms with Crippen LogP contribution in [0.1, 0.15) is 19.4 Å². The van der Waals surface area contributed by atoms with Crippen LogP contribution in [-0.4, -0.2) is 37.8 Å². The van der Waals surface area contributed by atoms with Crippen molar-refractivity contribution in [1.82, 2.24) is 9.62 Å². The molecule has 1 fully saturated rings. The van der Waals surface area contributed by atoms with Crippen LogP contribution >= 0.6 is 0 Å². The smallest absolute Gasteiger partial charge is 0.243 e. The van der Waals surface area contributed by atoms with E-state index in [4.69, 9.17) is 0 Å². The summed E-state index contributed by atoms with van der Waals surface area (Å²) in [4.78, 5) is 11.1. The topological polar surface area (TPSA) is 66.2 Å². The first kappa shape index (κ1) is 14.0. The van der Waals surface area contributed by atoms with Crippen LogP contribution in [0.5, 0.6) is 0 Å². The first-order valence-corrected chi connectivity index (χ1v) is 7.70. The van der Waals surface area contributed by atoms with E-state index >= 15 is 0 Å². The molecule has 0 saturated carbocycles. The number of nitrogens with zero attached hydrogens (tertiary/aromatic N) is 1. The van der Waals surface area contributed by atoms with Crippen LogP contribution in [0.4, 0.5) is 0 Å². The number of carbonyl (C=O) groups excluding carboxylic acids is 1. The zero-order valence-corrected chi connectivity index (χ0v) is 11.9. The Labute approximate surface area is 113 Å². The Hall–Kier alpha value is -1.40. The SMILES string of the molecule is CC(=O)NCCc1ccc(S(=O)(=O)N2CC2C)cc1. The fourth-order valence-corrected chi connectivity index (χ4v) is 3.53. The summed E-state index contributed by atoms with van der Waals surface area (Å²) in [5.41, 5.74) is 1.01. The van der Waals surface area contributed by atoms with Crippen molar-refractivity contribution in [3.8, 4) is 0 Å². The maximum absolute atomic E-state index is 12.1. The largest absolute Gasteiger partial charge is 0.356 e. The zero-order chi connectivity index (χ0) is 14.0. The van der Waals surface area contributed by atoms with E-state index in [1.807, 2.05) is 6.92 Å². The summed E-state index contributed by atoms with van der Waals surface area (Å²) in [5.74, 6) is -0.0604. The van der Waals surface area contributed by atoms with E-state index in [1.165, 1.54) is 11.2 Å². The minimum atomic E-state index is -3.30. The molecule has 1 aromatic carbocycles. The first-order chi connectivity index (χ1) is 8.91. The zero-order valence-electron chi connectivity index (χ0n) is 11.1. The third-order valence-corrected chi connectivity index (χ3v) is 5.11. The second-order valence-electron chi connectivity index (χ2n) is 4.80. The molecule has 19 heavy (non-hydrogen) atoms. The number of benzene rings is 1. The maximum atomic E-state index is 12.1. The second kappa shape index (κ2) is 5.30. The Morgan fingerprint density at radius 1 is 1.37 bits per heavy atom. The molecule has 0 radical (unpaired) electrons. The average Bonchev–Trinajstić information content (AvgIpc) is 3.07. The predicted octanol–water partition coefficient (Wildman–Crippen LogP) is 0.758. The molecule has 1 aromatic rings. The van der Waals surface area contributed by atoms with Crippen molar-refractivity contribution in [2.24, 2.45) is 0 Å². The highest BCUT2D eigenvalue weighted by Crippen LogP contribution is 2.27. The summed E-state index contributed by atoms with van der Waals surface area (Å²) in [7, 11) is -3.30. The summed E-state index contributed by atoms with van der Waals surface area (Å²) in [6.45, 7) is 4.53. The van der Waals surface area contributed by atoms with E-state index in [9.17, 15) is 13.2 Å². The standard InChI is InChI=1S/C13H18N2O3S/c1-10-9-15(10)19(17,18)13-5-3-12(4-6-13)7-8-14-11(2)16/h3-6,10H,7-9H2,1-2H3,(H,14,16). The summed E-state index contributed by atoms with van der Waals surface area (Å²) in [6, 6.07) is 6.96. The van der Waals surface area contributed by atoms with Gasteiger partial charge in [0.15, 0.2) is 0 Å². The number of amides is 1. The van der Waals surface area contributed by atoms with Crippen molar-refractivity contribution in [2.75, 3.05) is 13.1 Å². The van der Waals surface area contributed by atoms with Gasteiger partial charge in [-0.1, -0.05) is 12.1 Å².